The molecule has 2 atom stereocenters. The Balaban J connectivity index is 1.52. The van der Waals surface area contributed by atoms with Gasteiger partial charge in [0.15, 0.2) is 0 Å². The first kappa shape index (κ1) is 15.8. The lowest BCUT2D eigenvalue weighted by molar-refractivity contribution is 0.194. The number of nitrogens with zero attached hydrogens (tertiary/aromatic N) is 2. The molecule has 2 aromatic rings. The fourth-order valence-electron chi connectivity index (χ4n) is 4.39. The van der Waals surface area contributed by atoms with Gasteiger partial charge in [0, 0.05) is 22.1 Å². The van der Waals surface area contributed by atoms with Crippen LogP contribution in [0.1, 0.15) is 45.6 Å². The Morgan fingerprint density at radius 1 is 1.21 bits per heavy atom. The first-order valence-electron chi connectivity index (χ1n) is 8.76. The zero-order valence-electron chi connectivity index (χ0n) is 14.9. The summed E-state index contributed by atoms with van der Waals surface area (Å²) in [5.41, 5.74) is 8.61. The molecule has 24 heavy (non-hydrogen) atoms. The molecule has 0 radical (unpaired) electrons. The number of hydrazone groups is 1. The number of nitrogens with one attached hydrogen (secondary N) is 1. The molecule has 1 aromatic heterocycles. The van der Waals surface area contributed by atoms with Crippen LogP contribution in [0.4, 0.5) is 5.13 Å². The summed E-state index contributed by atoms with van der Waals surface area (Å²) in [6.07, 6.45) is 3.74. The van der Waals surface area contributed by atoms with Crippen molar-refractivity contribution in [2.45, 2.75) is 47.0 Å². The van der Waals surface area contributed by atoms with E-state index in [0.717, 1.165) is 28.7 Å². The molecule has 126 valence electrons. The second-order valence-corrected chi connectivity index (χ2v) is 8.93. The highest BCUT2D eigenvalue weighted by molar-refractivity contribution is 7.14. The molecule has 1 heterocycles. The van der Waals surface area contributed by atoms with E-state index in [-0.39, 0.29) is 5.41 Å². The Bertz CT molecular complexity index is 787. The van der Waals surface area contributed by atoms with Crippen molar-refractivity contribution < 1.29 is 0 Å². The van der Waals surface area contributed by atoms with Crippen molar-refractivity contribution in [3.05, 3.63) is 35.2 Å². The number of rotatable bonds is 3. The van der Waals surface area contributed by atoms with Gasteiger partial charge in [-0.25, -0.2) is 4.98 Å². The number of hydrogen-bond acceptors (Lipinski definition) is 4. The Hall–Kier alpha value is -1.68. The average Bonchev–Trinajstić information content (AvgIpc) is 3.16. The van der Waals surface area contributed by atoms with E-state index in [2.05, 4.69) is 62.8 Å². The van der Waals surface area contributed by atoms with Crippen LogP contribution < -0.4 is 5.43 Å². The van der Waals surface area contributed by atoms with Crippen LogP contribution in [-0.2, 0) is 0 Å². The van der Waals surface area contributed by atoms with Crippen LogP contribution in [0.15, 0.2) is 34.7 Å². The van der Waals surface area contributed by atoms with Crippen molar-refractivity contribution in [1.82, 2.24) is 4.98 Å². The maximum absolute atomic E-state index is 4.78. The van der Waals surface area contributed by atoms with E-state index in [1.807, 2.05) is 0 Å². The minimum Gasteiger partial charge on any atom is -0.253 e. The summed E-state index contributed by atoms with van der Waals surface area (Å²) in [5.74, 6) is 0.780. The van der Waals surface area contributed by atoms with E-state index < -0.39 is 0 Å². The first-order chi connectivity index (χ1) is 11.4. The van der Waals surface area contributed by atoms with E-state index in [4.69, 9.17) is 10.1 Å². The van der Waals surface area contributed by atoms with Gasteiger partial charge in [-0.15, -0.1) is 11.3 Å². The Labute approximate surface area is 148 Å². The molecule has 4 rings (SSSR count). The topological polar surface area (TPSA) is 37.3 Å². The SMILES string of the molecule is Cc1ccc(-c2csc(N/N=C3\C[C@@H]4CC[C@@]3(C)C4(C)C)n2)cc1. The van der Waals surface area contributed by atoms with Crippen LogP contribution in [0, 0.1) is 23.7 Å². The molecule has 3 nitrogen and oxygen atoms in total. The van der Waals surface area contributed by atoms with Crippen molar-refractivity contribution in [3.63, 3.8) is 0 Å². The number of aryl methyl sites for hydroxylation is 1. The minimum absolute atomic E-state index is 0.238. The molecule has 2 fully saturated rings. The number of benzene rings is 1. The summed E-state index contributed by atoms with van der Waals surface area (Å²) in [7, 11) is 0. The largest absolute Gasteiger partial charge is 0.253 e. The molecule has 0 aliphatic heterocycles. The number of aromatic nitrogens is 1. The quantitative estimate of drug-likeness (QED) is 0.725. The van der Waals surface area contributed by atoms with Crippen molar-refractivity contribution in [1.29, 1.82) is 0 Å². The molecule has 0 amide bonds. The van der Waals surface area contributed by atoms with Crippen LogP contribution in [0.3, 0.4) is 0 Å². The summed E-state index contributed by atoms with van der Waals surface area (Å²) in [5, 5.41) is 7.75. The van der Waals surface area contributed by atoms with Gasteiger partial charge in [0.1, 0.15) is 0 Å². The van der Waals surface area contributed by atoms with Crippen LogP contribution >= 0.6 is 11.3 Å². The molecule has 2 aliphatic rings. The normalized spacial score (nSPS) is 29.3. The molecular formula is C20H25N3S. The van der Waals surface area contributed by atoms with Crippen molar-refractivity contribution in [2.24, 2.45) is 21.8 Å². The second kappa shape index (κ2) is 5.41. The Morgan fingerprint density at radius 3 is 2.58 bits per heavy atom. The molecule has 2 aliphatic carbocycles. The van der Waals surface area contributed by atoms with E-state index >= 15 is 0 Å². The summed E-state index contributed by atoms with van der Waals surface area (Å²) in [6.45, 7) is 9.31. The molecule has 4 heteroatoms. The first-order valence-corrected chi connectivity index (χ1v) is 9.64. The van der Waals surface area contributed by atoms with Gasteiger partial charge in [-0.2, -0.15) is 5.10 Å². The standard InChI is InChI=1S/C20H25N3S/c1-13-5-7-14(8-6-13)16-12-24-18(21-16)23-22-17-11-15-9-10-20(17,4)19(15,2)3/h5-8,12,15H,9-11H2,1-4H3,(H,21,23)/b22-17+/t15-,20+/m0/s1. The van der Waals surface area contributed by atoms with Gasteiger partial charge >= 0.3 is 0 Å². The maximum Gasteiger partial charge on any atom is 0.203 e. The van der Waals surface area contributed by atoms with Crippen LogP contribution in [0.25, 0.3) is 11.3 Å². The Kier molecular flexibility index (Phi) is 3.57. The Morgan fingerprint density at radius 2 is 1.96 bits per heavy atom. The van der Waals surface area contributed by atoms with Crippen molar-refractivity contribution in [2.75, 3.05) is 5.43 Å². The molecule has 1 aromatic carbocycles. The summed E-state index contributed by atoms with van der Waals surface area (Å²) in [4.78, 5) is 4.69. The predicted octanol–water partition coefficient (Wildman–Crippen LogP) is 5.73. The number of fused-ring (bicyclic) bond motifs is 2. The average molecular weight is 340 g/mol. The third-order valence-corrected chi connectivity index (χ3v) is 7.40. The highest BCUT2D eigenvalue weighted by Crippen LogP contribution is 2.63. The van der Waals surface area contributed by atoms with Gasteiger partial charge in [-0.1, -0.05) is 50.6 Å². The van der Waals surface area contributed by atoms with E-state index in [0.29, 0.717) is 5.41 Å². The summed E-state index contributed by atoms with van der Waals surface area (Å²) >= 11 is 1.62. The fraction of sp³-hybridized carbons (Fsp3) is 0.500. The van der Waals surface area contributed by atoms with Crippen LogP contribution in [0.2, 0.25) is 0 Å². The molecule has 0 unspecified atom stereocenters. The van der Waals surface area contributed by atoms with Gasteiger partial charge < -0.3 is 0 Å². The second-order valence-electron chi connectivity index (χ2n) is 8.07. The molecular weight excluding hydrogens is 314 g/mol. The monoisotopic (exact) mass is 339 g/mol. The van der Waals surface area contributed by atoms with Crippen LogP contribution in [-0.4, -0.2) is 10.7 Å². The number of anilines is 1. The van der Waals surface area contributed by atoms with E-state index in [9.17, 15) is 0 Å². The third kappa shape index (κ3) is 2.31. The zero-order chi connectivity index (χ0) is 16.9. The highest BCUT2D eigenvalue weighted by Gasteiger charge is 2.59. The summed E-state index contributed by atoms with van der Waals surface area (Å²) in [6, 6.07) is 8.50. The van der Waals surface area contributed by atoms with Crippen molar-refractivity contribution >= 4 is 22.2 Å². The van der Waals surface area contributed by atoms with E-state index in [1.54, 1.807) is 11.3 Å². The molecule has 2 bridgehead atoms. The molecule has 0 spiro atoms. The molecule has 1 N–H and O–H groups in total. The lowest BCUT2D eigenvalue weighted by atomic mass is 9.70. The third-order valence-electron chi connectivity index (χ3n) is 6.65. The lowest BCUT2D eigenvalue weighted by Gasteiger charge is -2.34. The van der Waals surface area contributed by atoms with Gasteiger partial charge in [0.05, 0.1) is 5.69 Å². The molecule has 2 saturated carbocycles. The molecule has 0 saturated heterocycles. The maximum atomic E-state index is 4.78. The van der Waals surface area contributed by atoms with Gasteiger partial charge in [-0.3, -0.25) is 5.43 Å². The van der Waals surface area contributed by atoms with Gasteiger partial charge in [0.2, 0.25) is 5.13 Å². The van der Waals surface area contributed by atoms with Gasteiger partial charge in [-0.05, 0) is 37.5 Å². The summed E-state index contributed by atoms with van der Waals surface area (Å²) < 4.78 is 0. The number of hydrogen-bond donors (Lipinski definition) is 1. The minimum atomic E-state index is 0.238. The van der Waals surface area contributed by atoms with Crippen LogP contribution in [0.5, 0.6) is 0 Å². The van der Waals surface area contributed by atoms with E-state index in [1.165, 1.54) is 24.1 Å². The van der Waals surface area contributed by atoms with Gasteiger partial charge in [0.25, 0.3) is 0 Å². The predicted molar refractivity (Wildman–Crippen MR) is 103 cm³/mol. The van der Waals surface area contributed by atoms with Crippen molar-refractivity contribution in [3.8, 4) is 11.3 Å². The lowest BCUT2D eigenvalue weighted by Crippen LogP contribution is -2.32. The fourth-order valence-corrected chi connectivity index (χ4v) is 5.06. The zero-order valence-corrected chi connectivity index (χ0v) is 15.7. The highest BCUT2D eigenvalue weighted by atomic mass is 32.1. The smallest absolute Gasteiger partial charge is 0.203 e. The number of thiazole rings is 1.